The van der Waals surface area contributed by atoms with E-state index in [1.807, 2.05) is 0 Å². The van der Waals surface area contributed by atoms with Crippen molar-refractivity contribution in [3.8, 4) is 10.8 Å². The number of carbonyl (C=O) groups excluding carboxylic acids is 1. The first-order chi connectivity index (χ1) is 7.69. The third-order valence-corrected chi connectivity index (χ3v) is 2.95. The van der Waals surface area contributed by atoms with E-state index in [0.717, 1.165) is 11.8 Å². The molecule has 2 rings (SSSR count). The van der Waals surface area contributed by atoms with E-state index < -0.39 is 0 Å². The zero-order chi connectivity index (χ0) is 11.5. The zero-order valence-electron chi connectivity index (χ0n) is 8.57. The maximum absolute atomic E-state index is 12.8. The van der Waals surface area contributed by atoms with Gasteiger partial charge in [-0.2, -0.15) is 0 Å². The smallest absolute Gasteiger partial charge is 0.181 e. The minimum Gasteiger partial charge on any atom is -0.446 e. The number of halogens is 1. The lowest BCUT2D eigenvalue weighted by Gasteiger charge is -2.05. The van der Waals surface area contributed by atoms with E-state index in [4.69, 9.17) is 4.74 Å². The Morgan fingerprint density at radius 3 is 2.75 bits per heavy atom. The monoisotopic (exact) mass is 236 g/mol. The van der Waals surface area contributed by atoms with Crippen molar-refractivity contribution in [2.75, 3.05) is 0 Å². The molecule has 0 bridgehead atoms. The number of thiophene rings is 1. The Labute approximate surface area is 96.3 Å². The summed E-state index contributed by atoms with van der Waals surface area (Å²) in [4.78, 5) is 11.1. The molecule has 0 aliphatic carbocycles. The molecule has 2 nitrogen and oxygen atoms in total. The van der Waals surface area contributed by atoms with Gasteiger partial charge in [-0.3, -0.25) is 4.79 Å². The molecule has 2 aromatic rings. The molecule has 0 unspecified atom stereocenters. The van der Waals surface area contributed by atoms with Crippen LogP contribution in [0.25, 0.3) is 0 Å². The van der Waals surface area contributed by atoms with Crippen LogP contribution in [0.4, 0.5) is 4.39 Å². The molecule has 0 N–H and O–H groups in total. The SMILES string of the molecule is Cc1cc(F)ccc1Oc1ccc(C=O)s1. The van der Waals surface area contributed by atoms with Crippen molar-refractivity contribution in [3.63, 3.8) is 0 Å². The van der Waals surface area contributed by atoms with Crippen LogP contribution in [0.15, 0.2) is 30.3 Å². The molecule has 0 aliphatic rings. The summed E-state index contributed by atoms with van der Waals surface area (Å²) in [7, 11) is 0. The highest BCUT2D eigenvalue weighted by molar-refractivity contribution is 7.15. The lowest BCUT2D eigenvalue weighted by molar-refractivity contribution is 0.112. The number of aryl methyl sites for hydroxylation is 1. The number of carbonyl (C=O) groups is 1. The van der Waals surface area contributed by atoms with Crippen molar-refractivity contribution in [2.24, 2.45) is 0 Å². The molecular weight excluding hydrogens is 227 g/mol. The Bertz CT molecular complexity index is 519. The van der Waals surface area contributed by atoms with Gasteiger partial charge in [0, 0.05) is 0 Å². The van der Waals surface area contributed by atoms with Crippen molar-refractivity contribution in [3.05, 3.63) is 46.6 Å². The second kappa shape index (κ2) is 4.45. The van der Waals surface area contributed by atoms with E-state index in [1.165, 1.54) is 23.5 Å². The van der Waals surface area contributed by atoms with Gasteiger partial charge in [0.05, 0.1) is 4.88 Å². The zero-order valence-corrected chi connectivity index (χ0v) is 9.38. The van der Waals surface area contributed by atoms with Gasteiger partial charge in [-0.25, -0.2) is 4.39 Å². The summed E-state index contributed by atoms with van der Waals surface area (Å²) in [6, 6.07) is 7.73. The van der Waals surface area contributed by atoms with Crippen molar-refractivity contribution in [1.82, 2.24) is 0 Å². The molecule has 16 heavy (non-hydrogen) atoms. The maximum Gasteiger partial charge on any atom is 0.181 e. The molecule has 0 amide bonds. The lowest BCUT2D eigenvalue weighted by Crippen LogP contribution is -1.86. The van der Waals surface area contributed by atoms with Gasteiger partial charge in [-0.1, -0.05) is 11.3 Å². The second-order valence-electron chi connectivity index (χ2n) is 3.29. The van der Waals surface area contributed by atoms with Crippen LogP contribution in [0.2, 0.25) is 0 Å². The average molecular weight is 236 g/mol. The maximum atomic E-state index is 12.8. The van der Waals surface area contributed by atoms with Crippen molar-refractivity contribution < 1.29 is 13.9 Å². The van der Waals surface area contributed by atoms with Gasteiger partial charge in [0.1, 0.15) is 11.6 Å². The second-order valence-corrected chi connectivity index (χ2v) is 4.36. The highest BCUT2D eigenvalue weighted by Crippen LogP contribution is 2.30. The summed E-state index contributed by atoms with van der Waals surface area (Å²) in [6.07, 6.45) is 0.773. The molecule has 1 aromatic carbocycles. The lowest BCUT2D eigenvalue weighted by atomic mass is 10.2. The summed E-state index contributed by atoms with van der Waals surface area (Å²) < 4.78 is 18.4. The number of hydrogen-bond donors (Lipinski definition) is 0. The molecule has 0 aliphatic heterocycles. The van der Waals surface area contributed by atoms with Crippen LogP contribution in [0.1, 0.15) is 15.2 Å². The number of hydrogen-bond acceptors (Lipinski definition) is 3. The predicted octanol–water partition coefficient (Wildman–Crippen LogP) is 3.80. The van der Waals surface area contributed by atoms with Gasteiger partial charge >= 0.3 is 0 Å². The summed E-state index contributed by atoms with van der Waals surface area (Å²) in [6.45, 7) is 1.77. The van der Waals surface area contributed by atoms with Gasteiger partial charge in [-0.05, 0) is 42.8 Å². The molecule has 0 radical (unpaired) electrons. The first-order valence-corrected chi connectivity index (χ1v) is 5.50. The number of rotatable bonds is 3. The first-order valence-electron chi connectivity index (χ1n) is 4.68. The first kappa shape index (κ1) is 10.8. The van der Waals surface area contributed by atoms with E-state index in [2.05, 4.69) is 0 Å². The minimum atomic E-state index is -0.287. The minimum absolute atomic E-state index is 0.287. The molecule has 0 saturated heterocycles. The van der Waals surface area contributed by atoms with E-state index in [-0.39, 0.29) is 5.82 Å². The van der Waals surface area contributed by atoms with Crippen molar-refractivity contribution >= 4 is 17.6 Å². The molecule has 0 fully saturated rings. The topological polar surface area (TPSA) is 26.3 Å². The summed E-state index contributed by atoms with van der Waals surface area (Å²) >= 11 is 1.26. The van der Waals surface area contributed by atoms with E-state index in [0.29, 0.717) is 15.7 Å². The number of aldehydes is 1. The van der Waals surface area contributed by atoms with Crippen molar-refractivity contribution in [2.45, 2.75) is 6.92 Å². The number of ether oxygens (including phenoxy) is 1. The quantitative estimate of drug-likeness (QED) is 0.758. The molecule has 0 saturated carbocycles. The Balaban J connectivity index is 2.23. The normalized spacial score (nSPS) is 10.1. The predicted molar refractivity (Wildman–Crippen MR) is 60.9 cm³/mol. The van der Waals surface area contributed by atoms with E-state index in [9.17, 15) is 9.18 Å². The summed E-state index contributed by atoms with van der Waals surface area (Å²) in [5.74, 6) is 0.310. The van der Waals surface area contributed by atoms with E-state index >= 15 is 0 Å². The fraction of sp³-hybridized carbons (Fsp3) is 0.0833. The fourth-order valence-electron chi connectivity index (χ4n) is 1.29. The molecule has 4 heteroatoms. The third-order valence-electron chi connectivity index (χ3n) is 2.07. The highest BCUT2D eigenvalue weighted by atomic mass is 32.1. The van der Waals surface area contributed by atoms with Crippen LogP contribution in [-0.4, -0.2) is 6.29 Å². The molecule has 82 valence electrons. The van der Waals surface area contributed by atoms with Gasteiger partial charge in [0.15, 0.2) is 11.3 Å². The Hall–Kier alpha value is -1.68. The molecule has 0 spiro atoms. The van der Waals surface area contributed by atoms with Crippen LogP contribution in [0.3, 0.4) is 0 Å². The molecule has 1 aromatic heterocycles. The highest BCUT2D eigenvalue weighted by Gasteiger charge is 2.05. The Kier molecular flexibility index (Phi) is 3.01. The molecule has 0 atom stereocenters. The van der Waals surface area contributed by atoms with Crippen LogP contribution in [0.5, 0.6) is 10.8 Å². The third kappa shape index (κ3) is 2.28. The van der Waals surface area contributed by atoms with E-state index in [1.54, 1.807) is 25.1 Å². The van der Waals surface area contributed by atoms with Gasteiger partial charge in [0.2, 0.25) is 0 Å². The summed E-state index contributed by atoms with van der Waals surface area (Å²) in [5, 5.41) is 0.622. The Morgan fingerprint density at radius 2 is 2.12 bits per heavy atom. The van der Waals surface area contributed by atoms with Crippen LogP contribution >= 0.6 is 11.3 Å². The average Bonchev–Trinajstić information content (AvgIpc) is 2.70. The van der Waals surface area contributed by atoms with Crippen LogP contribution < -0.4 is 4.74 Å². The molecular formula is C12H9FO2S. The van der Waals surface area contributed by atoms with Gasteiger partial charge < -0.3 is 4.74 Å². The number of benzene rings is 1. The van der Waals surface area contributed by atoms with Crippen LogP contribution in [-0.2, 0) is 0 Å². The van der Waals surface area contributed by atoms with Crippen molar-refractivity contribution in [1.29, 1.82) is 0 Å². The van der Waals surface area contributed by atoms with Gasteiger partial charge in [0.25, 0.3) is 0 Å². The summed E-state index contributed by atoms with van der Waals surface area (Å²) in [5.41, 5.74) is 0.723. The largest absolute Gasteiger partial charge is 0.446 e. The molecule has 1 heterocycles. The van der Waals surface area contributed by atoms with Crippen LogP contribution in [0, 0.1) is 12.7 Å². The van der Waals surface area contributed by atoms with Gasteiger partial charge in [-0.15, -0.1) is 0 Å². The standard InChI is InChI=1S/C12H9FO2S/c1-8-6-9(13)2-4-11(8)15-12-5-3-10(7-14)16-12/h2-7H,1H3. The fourth-order valence-corrected chi connectivity index (χ4v) is 1.97. The Morgan fingerprint density at radius 1 is 1.31 bits per heavy atom.